The Hall–Kier alpha value is -3.99. The number of para-hydroxylation sites is 1. The van der Waals surface area contributed by atoms with E-state index in [0.29, 0.717) is 36.5 Å². The van der Waals surface area contributed by atoms with Gasteiger partial charge in [0.2, 0.25) is 11.8 Å². The number of nitrogens with zero attached hydrogens (tertiary/aromatic N) is 2. The van der Waals surface area contributed by atoms with Gasteiger partial charge in [-0.2, -0.15) is 0 Å². The molecule has 6 rings (SSSR count). The van der Waals surface area contributed by atoms with Crippen LogP contribution in [0.5, 0.6) is 0 Å². The second-order valence-corrected chi connectivity index (χ2v) is 13.3. The standard InChI is InChI=1S/C37H42ClN3O7/c1-24-13-12-16-26(38)32(24)40-20-10-5-8-17-29(43)47-23-27(25-14-6-4-7-15-25)39-34(44)30-28-18-19-37(48-28)31(30)35(45)41(33(37)36(40)46)21-9-2-3-11-22-42/h4-7,10,12-16,18-19,27-28,30-31,33,42H,2-3,8-9,11,17,20-23H2,1H3,(H,39,44)/b10-5-/t27-,28-,30+,31+,33-,37+/m1/s1. The third-order valence-electron chi connectivity index (χ3n) is 9.84. The maximum atomic E-state index is 15.0. The van der Waals surface area contributed by atoms with E-state index in [2.05, 4.69) is 5.32 Å². The zero-order valence-corrected chi connectivity index (χ0v) is 27.8. The zero-order chi connectivity index (χ0) is 33.8. The Bertz CT molecular complexity index is 1580. The first-order valence-corrected chi connectivity index (χ1v) is 17.2. The summed E-state index contributed by atoms with van der Waals surface area (Å²) in [4.78, 5) is 59.7. The molecule has 2 aromatic carbocycles. The van der Waals surface area contributed by atoms with E-state index in [-0.39, 0.29) is 38.0 Å². The zero-order valence-electron chi connectivity index (χ0n) is 27.1. The Morgan fingerprint density at radius 1 is 0.979 bits per heavy atom. The van der Waals surface area contributed by atoms with E-state index in [9.17, 15) is 19.5 Å². The number of likely N-dealkylation sites (tertiary alicyclic amines) is 1. The van der Waals surface area contributed by atoms with Crippen molar-refractivity contribution < 1.29 is 33.8 Å². The van der Waals surface area contributed by atoms with Crippen molar-refractivity contribution in [1.29, 1.82) is 0 Å². The van der Waals surface area contributed by atoms with Gasteiger partial charge < -0.3 is 29.7 Å². The van der Waals surface area contributed by atoms with Crippen molar-refractivity contribution in [1.82, 2.24) is 10.2 Å². The van der Waals surface area contributed by atoms with Crippen LogP contribution in [0.15, 0.2) is 72.8 Å². The van der Waals surface area contributed by atoms with E-state index in [1.165, 1.54) is 0 Å². The minimum atomic E-state index is -1.36. The smallest absolute Gasteiger partial charge is 0.306 e. The molecular weight excluding hydrogens is 634 g/mol. The number of halogens is 1. The molecule has 0 aromatic heterocycles. The van der Waals surface area contributed by atoms with E-state index in [1.54, 1.807) is 28.0 Å². The quantitative estimate of drug-likeness (QED) is 0.241. The number of anilines is 1. The monoisotopic (exact) mass is 675 g/mol. The molecule has 254 valence electrons. The lowest BCUT2D eigenvalue weighted by Gasteiger charge is -2.36. The average molecular weight is 676 g/mol. The number of nitrogens with one attached hydrogen (secondary N) is 1. The van der Waals surface area contributed by atoms with Gasteiger partial charge >= 0.3 is 5.97 Å². The van der Waals surface area contributed by atoms with Crippen LogP contribution in [-0.4, -0.2) is 77.7 Å². The predicted molar refractivity (Wildman–Crippen MR) is 180 cm³/mol. The summed E-state index contributed by atoms with van der Waals surface area (Å²) in [5.74, 6) is -3.32. The highest BCUT2D eigenvalue weighted by molar-refractivity contribution is 6.34. The number of aliphatic hydroxyl groups excluding tert-OH is 1. The number of benzene rings is 2. The van der Waals surface area contributed by atoms with Crippen molar-refractivity contribution in [2.24, 2.45) is 11.8 Å². The first-order valence-electron chi connectivity index (χ1n) is 16.8. The minimum Gasteiger partial charge on any atom is -0.463 e. The molecule has 0 saturated carbocycles. The molecule has 6 atom stereocenters. The minimum absolute atomic E-state index is 0.0726. The number of hydrogen-bond acceptors (Lipinski definition) is 7. The van der Waals surface area contributed by atoms with Gasteiger partial charge in [0.25, 0.3) is 5.91 Å². The molecule has 0 radical (unpaired) electrons. The lowest BCUT2D eigenvalue weighted by atomic mass is 9.74. The van der Waals surface area contributed by atoms with Crippen LogP contribution in [-0.2, 0) is 28.7 Å². The second-order valence-electron chi connectivity index (χ2n) is 12.9. The van der Waals surface area contributed by atoms with Crippen LogP contribution in [0.4, 0.5) is 5.69 Å². The Morgan fingerprint density at radius 2 is 1.77 bits per heavy atom. The van der Waals surface area contributed by atoms with Gasteiger partial charge in [0, 0.05) is 26.1 Å². The summed E-state index contributed by atoms with van der Waals surface area (Å²) in [5, 5.41) is 12.7. The average Bonchev–Trinajstić information content (AvgIpc) is 3.72. The van der Waals surface area contributed by atoms with Gasteiger partial charge in [-0.3, -0.25) is 19.2 Å². The Labute approximate surface area is 285 Å². The van der Waals surface area contributed by atoms with Crippen LogP contribution in [0.1, 0.15) is 55.7 Å². The topological polar surface area (TPSA) is 125 Å². The third kappa shape index (κ3) is 6.41. The summed E-state index contributed by atoms with van der Waals surface area (Å²) in [6.45, 7) is 2.33. The van der Waals surface area contributed by atoms with Crippen molar-refractivity contribution in [3.8, 4) is 0 Å². The maximum Gasteiger partial charge on any atom is 0.306 e. The lowest BCUT2D eigenvalue weighted by Crippen LogP contribution is -2.56. The van der Waals surface area contributed by atoms with Gasteiger partial charge in [-0.15, -0.1) is 0 Å². The number of carbonyl (C=O) groups excluding carboxylic acids is 4. The van der Waals surface area contributed by atoms with Crippen molar-refractivity contribution in [3.63, 3.8) is 0 Å². The largest absolute Gasteiger partial charge is 0.463 e. The van der Waals surface area contributed by atoms with Crippen molar-refractivity contribution >= 4 is 41.0 Å². The van der Waals surface area contributed by atoms with Gasteiger partial charge in [-0.25, -0.2) is 0 Å². The maximum absolute atomic E-state index is 15.0. The number of aliphatic hydroxyl groups is 1. The summed E-state index contributed by atoms with van der Waals surface area (Å²) in [6.07, 6.45) is 9.86. The van der Waals surface area contributed by atoms with Crippen LogP contribution in [0, 0.1) is 18.8 Å². The number of cyclic esters (lactones) is 1. The number of ether oxygens (including phenoxy) is 2. The fourth-order valence-electron chi connectivity index (χ4n) is 7.56. The van der Waals surface area contributed by atoms with Gasteiger partial charge in [0.15, 0.2) is 0 Å². The Kier molecular flexibility index (Phi) is 10.3. The molecule has 11 heteroatoms. The fraction of sp³-hybridized carbons (Fsp3) is 0.459. The molecule has 2 N–H and O–H groups in total. The molecule has 2 aromatic rings. The number of esters is 1. The molecule has 0 unspecified atom stereocenters. The molecular formula is C37H42ClN3O7. The third-order valence-corrected chi connectivity index (χ3v) is 10.1. The second kappa shape index (κ2) is 14.6. The Balaban J connectivity index is 1.42. The molecule has 4 aliphatic rings. The molecule has 2 fully saturated rings. The van der Waals surface area contributed by atoms with Gasteiger partial charge in [0.05, 0.1) is 34.7 Å². The van der Waals surface area contributed by atoms with Crippen LogP contribution < -0.4 is 10.2 Å². The first kappa shape index (κ1) is 33.9. The predicted octanol–water partition coefficient (Wildman–Crippen LogP) is 4.44. The van der Waals surface area contributed by atoms with Crippen LogP contribution >= 0.6 is 11.6 Å². The number of carbonyl (C=O) groups is 4. The molecule has 0 aliphatic carbocycles. The van der Waals surface area contributed by atoms with E-state index in [4.69, 9.17) is 21.1 Å². The molecule has 4 heterocycles. The molecule has 5 bridgehead atoms. The van der Waals surface area contributed by atoms with Crippen molar-refractivity contribution in [2.75, 3.05) is 31.2 Å². The molecule has 2 saturated heterocycles. The van der Waals surface area contributed by atoms with E-state index in [1.807, 2.05) is 61.5 Å². The number of fused-ring (bicyclic) bond motifs is 2. The first-order chi connectivity index (χ1) is 23.3. The summed E-state index contributed by atoms with van der Waals surface area (Å²) < 4.78 is 12.2. The number of hydrogen-bond donors (Lipinski definition) is 2. The normalized spacial score (nSPS) is 29.6. The summed E-state index contributed by atoms with van der Waals surface area (Å²) >= 11 is 6.74. The van der Waals surface area contributed by atoms with Crippen LogP contribution in [0.2, 0.25) is 5.02 Å². The number of allylic oxidation sites excluding steroid dienone is 1. The summed E-state index contributed by atoms with van der Waals surface area (Å²) in [6, 6.07) is 13.0. The fourth-order valence-corrected chi connectivity index (χ4v) is 7.88. The molecule has 3 amide bonds. The van der Waals surface area contributed by atoms with Gasteiger partial charge in [-0.1, -0.05) is 91.2 Å². The van der Waals surface area contributed by atoms with Crippen LogP contribution in [0.25, 0.3) is 0 Å². The summed E-state index contributed by atoms with van der Waals surface area (Å²) in [5.41, 5.74) is 0.708. The highest BCUT2D eigenvalue weighted by Crippen LogP contribution is 2.55. The number of aryl methyl sites for hydroxylation is 1. The van der Waals surface area contributed by atoms with Crippen molar-refractivity contribution in [3.05, 3.63) is 89.0 Å². The highest BCUT2D eigenvalue weighted by Gasteiger charge is 2.73. The Morgan fingerprint density at radius 3 is 2.54 bits per heavy atom. The van der Waals surface area contributed by atoms with E-state index in [0.717, 1.165) is 24.0 Å². The highest BCUT2D eigenvalue weighted by atomic mass is 35.5. The number of rotatable bonds is 8. The van der Waals surface area contributed by atoms with E-state index < -0.39 is 47.5 Å². The van der Waals surface area contributed by atoms with Crippen molar-refractivity contribution in [2.45, 2.75) is 69.2 Å². The SMILES string of the molecule is Cc1cccc(Cl)c1N1C/C=C\CCC(=O)OC[C@H](c2ccccc2)NC(=O)[C@@H]2[C@H]3C(=O)N(CCCCCCO)[C@H](C1=O)[C@]31C=C[C@H]2O1. The lowest BCUT2D eigenvalue weighted by molar-refractivity contribution is -0.145. The van der Waals surface area contributed by atoms with Gasteiger partial charge in [0.1, 0.15) is 18.2 Å². The molecule has 10 nitrogen and oxygen atoms in total. The molecule has 1 spiro atoms. The van der Waals surface area contributed by atoms with E-state index >= 15 is 4.79 Å². The number of amides is 3. The van der Waals surface area contributed by atoms with Crippen LogP contribution in [0.3, 0.4) is 0 Å². The molecule has 4 aliphatic heterocycles. The molecule has 48 heavy (non-hydrogen) atoms. The van der Waals surface area contributed by atoms with Gasteiger partial charge in [-0.05, 0) is 43.4 Å². The summed E-state index contributed by atoms with van der Waals surface area (Å²) in [7, 11) is 0. The number of unbranched alkanes of at least 4 members (excludes halogenated alkanes) is 3.